The molecule has 0 aliphatic carbocycles. The number of non-ortho nitro benzene ring substituents is 1. The van der Waals surface area contributed by atoms with E-state index in [0.29, 0.717) is 24.1 Å². The molecule has 1 N–H and O–H groups in total. The smallest absolute Gasteiger partial charge is 0.412 e. The first-order valence-electron chi connectivity index (χ1n) is 13.5. The number of ether oxygens (including phenoxy) is 1. The van der Waals surface area contributed by atoms with Crippen LogP contribution in [0.2, 0.25) is 0 Å². The number of nitro groups is 1. The number of carbonyl (C=O) groups is 2. The molecule has 0 bridgehead atoms. The molecule has 2 amide bonds. The summed E-state index contributed by atoms with van der Waals surface area (Å²) in [5, 5.41) is 20.2. The van der Waals surface area contributed by atoms with Crippen molar-refractivity contribution in [2.75, 3.05) is 5.32 Å². The molecule has 214 valence electrons. The molecule has 0 saturated heterocycles. The first-order valence-corrected chi connectivity index (χ1v) is 13.5. The lowest BCUT2D eigenvalue weighted by atomic mass is 9.86. The summed E-state index contributed by atoms with van der Waals surface area (Å²) < 4.78 is 5.47. The van der Waals surface area contributed by atoms with Crippen molar-refractivity contribution in [3.63, 3.8) is 0 Å². The highest BCUT2D eigenvalue weighted by Crippen LogP contribution is 2.36. The van der Waals surface area contributed by atoms with Crippen molar-refractivity contribution < 1.29 is 19.2 Å². The molecular weight excluding hydrogens is 520 g/mol. The van der Waals surface area contributed by atoms with Crippen LogP contribution < -0.4 is 5.32 Å². The van der Waals surface area contributed by atoms with Crippen molar-refractivity contribution in [1.29, 1.82) is 0 Å². The summed E-state index contributed by atoms with van der Waals surface area (Å²) in [6.45, 7) is 11.8. The van der Waals surface area contributed by atoms with E-state index in [1.807, 2.05) is 69.3 Å². The van der Waals surface area contributed by atoms with Crippen LogP contribution in [0.3, 0.4) is 0 Å². The third kappa shape index (κ3) is 7.57. The number of carbonyl (C=O) groups excluding carboxylic acids is 2. The van der Waals surface area contributed by atoms with E-state index < -0.39 is 16.6 Å². The Kier molecular flexibility index (Phi) is 8.28. The van der Waals surface area contributed by atoms with Crippen LogP contribution in [-0.4, -0.2) is 33.2 Å². The lowest BCUT2D eigenvalue weighted by Crippen LogP contribution is -2.27. The van der Waals surface area contributed by atoms with Crippen LogP contribution in [-0.2, 0) is 11.2 Å². The monoisotopic (exact) mass is 556 g/mol. The third-order valence-electron chi connectivity index (χ3n) is 6.42. The second-order valence-electron chi connectivity index (χ2n) is 12.4. The summed E-state index contributed by atoms with van der Waals surface area (Å²) >= 11 is 0. The van der Waals surface area contributed by atoms with Gasteiger partial charge in [0.15, 0.2) is 0 Å². The van der Waals surface area contributed by atoms with Gasteiger partial charge in [0.2, 0.25) is 0 Å². The van der Waals surface area contributed by atoms with Crippen molar-refractivity contribution in [2.24, 2.45) is 10.5 Å². The lowest BCUT2D eigenvalue weighted by Gasteiger charge is -2.23. The topological polar surface area (TPSA) is 114 Å². The fourth-order valence-corrected chi connectivity index (χ4v) is 4.69. The number of nitro benzene ring substituents is 1. The first-order chi connectivity index (χ1) is 19.2. The minimum absolute atomic E-state index is 0.0645. The van der Waals surface area contributed by atoms with Crippen LogP contribution in [0.4, 0.5) is 16.2 Å². The molecule has 0 fully saturated rings. The minimum Gasteiger partial charge on any atom is -0.444 e. The number of benzene rings is 3. The average Bonchev–Trinajstić information content (AvgIpc) is 3.33. The van der Waals surface area contributed by atoms with Gasteiger partial charge in [-0.2, -0.15) is 5.10 Å². The van der Waals surface area contributed by atoms with Gasteiger partial charge in [-0.15, -0.1) is 0 Å². The summed E-state index contributed by atoms with van der Waals surface area (Å²) in [5.74, 6) is -0.345. The Hall–Kier alpha value is -4.53. The molecule has 0 spiro atoms. The molecule has 1 heterocycles. The van der Waals surface area contributed by atoms with E-state index in [0.717, 1.165) is 22.4 Å². The maximum absolute atomic E-state index is 13.6. The molecule has 3 aromatic carbocycles. The van der Waals surface area contributed by atoms with Gasteiger partial charge in [-0.1, -0.05) is 57.2 Å². The van der Waals surface area contributed by atoms with Gasteiger partial charge in [-0.25, -0.2) is 9.80 Å². The summed E-state index contributed by atoms with van der Waals surface area (Å²) in [4.78, 5) is 36.8. The Morgan fingerprint density at radius 2 is 1.66 bits per heavy atom. The van der Waals surface area contributed by atoms with Gasteiger partial charge in [-0.05, 0) is 73.6 Å². The quantitative estimate of drug-likeness (QED) is 0.249. The van der Waals surface area contributed by atoms with Gasteiger partial charge in [-0.3, -0.25) is 20.2 Å². The summed E-state index contributed by atoms with van der Waals surface area (Å²) in [5.41, 5.74) is 3.64. The fraction of sp³-hybridized carbons (Fsp3) is 0.344. The number of rotatable bonds is 6. The second-order valence-corrected chi connectivity index (χ2v) is 12.4. The molecular formula is C32H36N4O5. The average molecular weight is 557 g/mol. The zero-order valence-corrected chi connectivity index (χ0v) is 24.3. The Morgan fingerprint density at radius 1 is 1.00 bits per heavy atom. The van der Waals surface area contributed by atoms with Gasteiger partial charge in [0.05, 0.1) is 16.7 Å². The predicted molar refractivity (Wildman–Crippen MR) is 159 cm³/mol. The van der Waals surface area contributed by atoms with E-state index in [-0.39, 0.29) is 23.1 Å². The van der Waals surface area contributed by atoms with E-state index in [1.54, 1.807) is 0 Å². The van der Waals surface area contributed by atoms with E-state index in [4.69, 9.17) is 9.84 Å². The highest BCUT2D eigenvalue weighted by atomic mass is 16.6. The molecule has 0 saturated carbocycles. The van der Waals surface area contributed by atoms with Crippen LogP contribution >= 0.6 is 0 Å². The molecule has 1 aliphatic heterocycles. The van der Waals surface area contributed by atoms with Crippen LogP contribution in [0.25, 0.3) is 0 Å². The highest BCUT2D eigenvalue weighted by molar-refractivity contribution is 6.05. The summed E-state index contributed by atoms with van der Waals surface area (Å²) in [6, 6.07) is 20.6. The fourth-order valence-electron chi connectivity index (χ4n) is 4.69. The normalized spacial score (nSPS) is 15.3. The Labute approximate surface area is 240 Å². The predicted octanol–water partition coefficient (Wildman–Crippen LogP) is 7.52. The Bertz CT molecular complexity index is 1470. The number of hydrogen-bond acceptors (Lipinski definition) is 6. The first kappa shape index (κ1) is 29.5. The minimum atomic E-state index is -0.626. The molecule has 0 radical (unpaired) electrons. The van der Waals surface area contributed by atoms with Gasteiger partial charge in [0.25, 0.3) is 11.6 Å². The Balaban J connectivity index is 1.70. The Morgan fingerprint density at radius 3 is 2.24 bits per heavy atom. The van der Waals surface area contributed by atoms with E-state index in [1.165, 1.54) is 29.3 Å². The number of anilines is 1. The second kappa shape index (κ2) is 11.5. The molecule has 1 atom stereocenters. The van der Waals surface area contributed by atoms with Gasteiger partial charge < -0.3 is 4.74 Å². The third-order valence-corrected chi connectivity index (χ3v) is 6.42. The largest absolute Gasteiger partial charge is 0.444 e. The van der Waals surface area contributed by atoms with Crippen molar-refractivity contribution in [3.05, 3.63) is 105 Å². The van der Waals surface area contributed by atoms with Crippen LogP contribution in [0, 0.1) is 15.5 Å². The summed E-state index contributed by atoms with van der Waals surface area (Å²) in [6.07, 6.45) is 0.645. The molecule has 9 nitrogen and oxygen atoms in total. The number of nitrogens with one attached hydrogen (secondary N) is 1. The zero-order chi connectivity index (χ0) is 29.9. The maximum Gasteiger partial charge on any atom is 0.412 e. The SMILES string of the molecule is CC(C)(C)Cc1cc(C2=NN(C(=O)c3ccc([N+](=O)[O-])cc3)C(c3ccccc3)C2)ccc1NC(=O)OC(C)(C)C. The number of amides is 2. The molecule has 9 heteroatoms. The number of nitrogens with zero attached hydrogens (tertiary/aromatic N) is 3. The van der Waals surface area contributed by atoms with Crippen molar-refractivity contribution >= 4 is 29.1 Å². The molecule has 4 rings (SSSR count). The van der Waals surface area contributed by atoms with Gasteiger partial charge in [0, 0.05) is 29.8 Å². The van der Waals surface area contributed by atoms with E-state index in [2.05, 4.69) is 26.1 Å². The molecule has 0 aromatic heterocycles. The zero-order valence-electron chi connectivity index (χ0n) is 24.3. The van der Waals surface area contributed by atoms with Crippen molar-refractivity contribution in [3.8, 4) is 0 Å². The molecule has 1 aliphatic rings. The van der Waals surface area contributed by atoms with Crippen molar-refractivity contribution in [1.82, 2.24) is 5.01 Å². The van der Waals surface area contributed by atoms with E-state index >= 15 is 0 Å². The lowest BCUT2D eigenvalue weighted by molar-refractivity contribution is -0.384. The van der Waals surface area contributed by atoms with Gasteiger partial charge >= 0.3 is 6.09 Å². The van der Waals surface area contributed by atoms with Gasteiger partial charge in [0.1, 0.15) is 5.60 Å². The van der Waals surface area contributed by atoms with Crippen LogP contribution in [0.5, 0.6) is 0 Å². The van der Waals surface area contributed by atoms with Crippen LogP contribution in [0.1, 0.15) is 81.1 Å². The highest BCUT2D eigenvalue weighted by Gasteiger charge is 2.34. The molecule has 1 unspecified atom stereocenters. The molecule has 3 aromatic rings. The summed E-state index contributed by atoms with van der Waals surface area (Å²) in [7, 11) is 0. The van der Waals surface area contributed by atoms with Crippen LogP contribution in [0.15, 0.2) is 77.9 Å². The standard InChI is InChI=1S/C32H36N4O5/c1-31(2,3)20-24-18-23(14-17-26(24)33-30(38)41-32(4,5)6)27-19-28(21-10-8-7-9-11-21)35(34-27)29(37)22-12-15-25(16-13-22)36(39)40/h7-18,28H,19-20H2,1-6H3,(H,33,38). The number of hydrazone groups is 1. The maximum atomic E-state index is 13.6. The van der Waals surface area contributed by atoms with E-state index in [9.17, 15) is 19.7 Å². The van der Waals surface area contributed by atoms with Crippen molar-refractivity contribution in [2.45, 2.75) is 66.0 Å². The molecule has 41 heavy (non-hydrogen) atoms. The number of hydrogen-bond donors (Lipinski definition) is 1.